The minimum atomic E-state index is -0.736. The van der Waals surface area contributed by atoms with Gasteiger partial charge < -0.3 is 23.9 Å². The van der Waals surface area contributed by atoms with Gasteiger partial charge in [-0.1, -0.05) is 38.0 Å². The van der Waals surface area contributed by atoms with E-state index < -0.39 is 17.7 Å². The Balaban J connectivity index is 1.52. The van der Waals surface area contributed by atoms with Crippen LogP contribution in [0.3, 0.4) is 0 Å². The Labute approximate surface area is 235 Å². The first-order valence-corrected chi connectivity index (χ1v) is 14.2. The number of rotatable bonds is 10. The van der Waals surface area contributed by atoms with Gasteiger partial charge in [0.25, 0.3) is 11.7 Å². The van der Waals surface area contributed by atoms with Crippen molar-refractivity contribution in [1.29, 1.82) is 0 Å². The average Bonchev–Trinajstić information content (AvgIpc) is 3.44. The highest BCUT2D eigenvalue weighted by Crippen LogP contribution is 2.40. The predicted octanol–water partition coefficient (Wildman–Crippen LogP) is 4.27. The Hall–Kier alpha value is -3.69. The number of pyridine rings is 1. The van der Waals surface area contributed by atoms with Crippen molar-refractivity contribution in [2.75, 3.05) is 46.0 Å². The lowest BCUT2D eigenvalue weighted by molar-refractivity contribution is -0.140. The van der Waals surface area contributed by atoms with E-state index in [1.54, 1.807) is 4.90 Å². The largest absolute Gasteiger partial charge is 0.505 e. The van der Waals surface area contributed by atoms with Gasteiger partial charge in [-0.25, -0.2) is 4.98 Å². The van der Waals surface area contributed by atoms with Gasteiger partial charge in [-0.05, 0) is 49.6 Å². The molecule has 4 heterocycles. The molecule has 0 spiro atoms. The number of hydrogen-bond acceptors (Lipinski definition) is 7. The molecule has 212 valence electrons. The number of fused-ring (bicyclic) bond motifs is 1. The maximum atomic E-state index is 13.5. The molecule has 3 aromatic rings. The first-order chi connectivity index (χ1) is 19.4. The lowest BCUT2D eigenvalue weighted by Crippen LogP contribution is -2.42. The third-order valence-electron chi connectivity index (χ3n) is 7.82. The summed E-state index contributed by atoms with van der Waals surface area (Å²) in [6.45, 7) is 10.4. The number of carbonyl (C=O) groups excluding carboxylic acids is 2. The highest BCUT2D eigenvalue weighted by Gasteiger charge is 2.46. The Kier molecular flexibility index (Phi) is 8.52. The minimum absolute atomic E-state index is 0.0627. The van der Waals surface area contributed by atoms with Crippen LogP contribution in [-0.2, 0) is 14.3 Å². The molecule has 0 radical (unpaired) electrons. The fraction of sp³-hybridized carbons (Fsp3) is 0.452. The van der Waals surface area contributed by atoms with E-state index in [1.165, 1.54) is 0 Å². The lowest BCUT2D eigenvalue weighted by atomic mass is 9.96. The zero-order valence-corrected chi connectivity index (χ0v) is 23.6. The summed E-state index contributed by atoms with van der Waals surface area (Å²) in [5, 5.41) is 11.6. The number of imidazole rings is 1. The molecule has 5 rings (SSSR count). The number of carbonyl (C=O) groups is 2. The molecule has 40 heavy (non-hydrogen) atoms. The number of morpholine rings is 1. The summed E-state index contributed by atoms with van der Waals surface area (Å²) < 4.78 is 13.2. The van der Waals surface area contributed by atoms with Gasteiger partial charge >= 0.3 is 0 Å². The quantitative estimate of drug-likeness (QED) is 0.176. The maximum absolute atomic E-state index is 13.5. The first-order valence-electron chi connectivity index (χ1n) is 14.2. The van der Waals surface area contributed by atoms with E-state index in [2.05, 4.69) is 16.8 Å². The Bertz CT molecular complexity index is 1410. The molecule has 2 aliphatic rings. The standard InChI is InChI=1S/C31H38N4O5/c1-4-5-6-18-40-24-11-9-23(10-12-24)27-25(28(36)26-22(3)34-13-7-8-21(2)30(34)32-26)29(37)31(38)35(27)15-14-33-16-19-39-20-17-33/h7-13,27,36H,4-6,14-20H2,1-3H3. The second-order valence-corrected chi connectivity index (χ2v) is 10.5. The van der Waals surface area contributed by atoms with Gasteiger partial charge in [-0.3, -0.25) is 14.5 Å². The van der Waals surface area contributed by atoms with Gasteiger partial charge in [-0.2, -0.15) is 0 Å². The number of unbranched alkanes of at least 4 members (excludes halogenated alkanes) is 2. The third-order valence-corrected chi connectivity index (χ3v) is 7.82. The SMILES string of the molecule is CCCCCOc1ccc(C2C(=C(O)c3nc4c(C)cccn4c3C)C(=O)C(=O)N2CCN2CCOCC2)cc1. The number of ketones is 1. The molecule has 0 bridgehead atoms. The van der Waals surface area contributed by atoms with Crippen LogP contribution in [0.4, 0.5) is 0 Å². The van der Waals surface area contributed by atoms with Crippen LogP contribution in [0, 0.1) is 13.8 Å². The average molecular weight is 547 g/mol. The fourth-order valence-corrected chi connectivity index (χ4v) is 5.49. The Morgan fingerprint density at radius 3 is 2.52 bits per heavy atom. The number of hydrogen-bond donors (Lipinski definition) is 1. The molecule has 9 heteroatoms. The zero-order chi connectivity index (χ0) is 28.2. The molecule has 2 saturated heterocycles. The van der Waals surface area contributed by atoms with E-state index in [0.29, 0.717) is 49.9 Å². The van der Waals surface area contributed by atoms with Crippen molar-refractivity contribution >= 4 is 23.1 Å². The van der Waals surface area contributed by atoms with Gasteiger partial charge in [0, 0.05) is 32.4 Å². The van der Waals surface area contributed by atoms with Crippen LogP contribution in [0.15, 0.2) is 48.2 Å². The van der Waals surface area contributed by atoms with E-state index in [4.69, 9.17) is 9.47 Å². The molecule has 1 aromatic carbocycles. The molecular weight excluding hydrogens is 508 g/mol. The minimum Gasteiger partial charge on any atom is -0.505 e. The second-order valence-electron chi connectivity index (χ2n) is 10.5. The summed E-state index contributed by atoms with van der Waals surface area (Å²) in [6, 6.07) is 10.6. The molecule has 2 aliphatic heterocycles. The highest BCUT2D eigenvalue weighted by atomic mass is 16.5. The summed E-state index contributed by atoms with van der Waals surface area (Å²) in [5.74, 6) is -0.829. The lowest BCUT2D eigenvalue weighted by Gasteiger charge is -2.31. The number of benzene rings is 1. The normalized spacial score (nSPS) is 19.6. The van der Waals surface area contributed by atoms with Crippen molar-refractivity contribution in [3.63, 3.8) is 0 Å². The molecule has 0 saturated carbocycles. The number of nitrogens with zero attached hydrogens (tertiary/aromatic N) is 4. The van der Waals surface area contributed by atoms with E-state index in [1.807, 2.05) is 60.8 Å². The number of aryl methyl sites for hydroxylation is 2. The number of amides is 1. The highest BCUT2D eigenvalue weighted by molar-refractivity contribution is 6.46. The van der Waals surface area contributed by atoms with E-state index in [0.717, 1.165) is 49.2 Å². The molecule has 2 aromatic heterocycles. The zero-order valence-electron chi connectivity index (χ0n) is 23.6. The maximum Gasteiger partial charge on any atom is 0.295 e. The first kappa shape index (κ1) is 27.9. The van der Waals surface area contributed by atoms with Gasteiger partial charge in [0.2, 0.25) is 0 Å². The summed E-state index contributed by atoms with van der Waals surface area (Å²) in [6.07, 6.45) is 5.09. The van der Waals surface area contributed by atoms with E-state index in [-0.39, 0.29) is 11.3 Å². The van der Waals surface area contributed by atoms with Crippen molar-refractivity contribution < 1.29 is 24.2 Å². The molecule has 1 unspecified atom stereocenters. The van der Waals surface area contributed by atoms with Crippen molar-refractivity contribution in [1.82, 2.24) is 19.2 Å². The van der Waals surface area contributed by atoms with Crippen LogP contribution < -0.4 is 4.74 Å². The number of aliphatic hydroxyl groups excluding tert-OH is 1. The van der Waals surface area contributed by atoms with Gasteiger partial charge in [-0.15, -0.1) is 0 Å². The third kappa shape index (κ3) is 5.48. The van der Waals surface area contributed by atoms with Crippen molar-refractivity contribution in [2.24, 2.45) is 0 Å². The number of Topliss-reactive ketones (excluding diaryl/α,β-unsaturated/α-hetero) is 1. The summed E-state index contributed by atoms with van der Waals surface area (Å²) in [4.78, 5) is 35.4. The molecule has 1 amide bonds. The van der Waals surface area contributed by atoms with Crippen LogP contribution in [0.2, 0.25) is 0 Å². The van der Waals surface area contributed by atoms with Crippen LogP contribution in [0.1, 0.15) is 54.7 Å². The molecule has 1 N–H and O–H groups in total. The van der Waals surface area contributed by atoms with Crippen molar-refractivity contribution in [2.45, 2.75) is 46.1 Å². The van der Waals surface area contributed by atoms with Crippen LogP contribution in [0.25, 0.3) is 11.4 Å². The number of aliphatic hydroxyl groups is 1. The predicted molar refractivity (Wildman–Crippen MR) is 152 cm³/mol. The van der Waals surface area contributed by atoms with Gasteiger partial charge in [0.1, 0.15) is 17.1 Å². The monoisotopic (exact) mass is 546 g/mol. The van der Waals surface area contributed by atoms with Crippen LogP contribution in [-0.4, -0.2) is 82.0 Å². The number of aromatic nitrogens is 2. The summed E-state index contributed by atoms with van der Waals surface area (Å²) in [7, 11) is 0. The fourth-order valence-electron chi connectivity index (χ4n) is 5.49. The number of likely N-dealkylation sites (tertiary alicyclic amines) is 1. The van der Waals surface area contributed by atoms with Crippen molar-refractivity contribution in [3.05, 3.63) is 70.7 Å². The topological polar surface area (TPSA) is 96.6 Å². The van der Waals surface area contributed by atoms with Gasteiger partial charge in [0.05, 0.1) is 37.1 Å². The van der Waals surface area contributed by atoms with Gasteiger partial charge in [0.15, 0.2) is 5.76 Å². The van der Waals surface area contributed by atoms with Crippen molar-refractivity contribution in [3.8, 4) is 5.75 Å². The molecular formula is C31H38N4O5. The molecule has 2 fully saturated rings. The van der Waals surface area contributed by atoms with E-state index in [9.17, 15) is 14.7 Å². The van der Waals surface area contributed by atoms with E-state index >= 15 is 0 Å². The molecule has 9 nitrogen and oxygen atoms in total. The Morgan fingerprint density at radius 2 is 1.82 bits per heavy atom. The second kappa shape index (κ2) is 12.2. The number of ether oxygens (including phenoxy) is 2. The Morgan fingerprint density at radius 1 is 1.07 bits per heavy atom. The smallest absolute Gasteiger partial charge is 0.295 e. The summed E-state index contributed by atoms with van der Waals surface area (Å²) in [5.41, 5.74) is 3.45. The molecule has 1 atom stereocenters. The van der Waals surface area contributed by atoms with Crippen LogP contribution >= 0.6 is 0 Å². The summed E-state index contributed by atoms with van der Waals surface area (Å²) >= 11 is 0. The van der Waals surface area contributed by atoms with Crippen LogP contribution in [0.5, 0.6) is 5.75 Å². The molecule has 0 aliphatic carbocycles.